The van der Waals surface area contributed by atoms with Crippen molar-refractivity contribution in [3.63, 3.8) is 0 Å². The Labute approximate surface area is 189 Å². The number of hydrogen-bond donors (Lipinski definition) is 0. The Balaban J connectivity index is 1.37. The van der Waals surface area contributed by atoms with Gasteiger partial charge in [-0.2, -0.15) is 5.10 Å². The molecule has 162 valence electrons. The van der Waals surface area contributed by atoms with Gasteiger partial charge in [0.05, 0.1) is 12.2 Å². The highest BCUT2D eigenvalue weighted by Gasteiger charge is 2.24. The molecule has 0 saturated heterocycles. The van der Waals surface area contributed by atoms with Crippen molar-refractivity contribution in [3.8, 4) is 11.5 Å². The molecule has 5 heteroatoms. The van der Waals surface area contributed by atoms with Gasteiger partial charge >= 0.3 is 0 Å². The van der Waals surface area contributed by atoms with E-state index in [4.69, 9.17) is 4.98 Å². The SMILES string of the molecule is Cc1ccc(C(C)(C)c2ccc(N3CCc4cnc(-c5ccn(C)n5)nc4C3)cc2)cc1. The van der Waals surface area contributed by atoms with E-state index in [1.807, 2.05) is 25.5 Å². The third-order valence-electron chi connectivity index (χ3n) is 6.62. The number of nitrogens with zero attached hydrogens (tertiary/aromatic N) is 5. The van der Waals surface area contributed by atoms with Crippen LogP contribution in [0.25, 0.3) is 11.5 Å². The lowest BCUT2D eigenvalue weighted by Gasteiger charge is -2.31. The molecule has 0 saturated carbocycles. The molecule has 0 unspecified atom stereocenters. The molecule has 0 radical (unpaired) electrons. The smallest absolute Gasteiger partial charge is 0.180 e. The Morgan fingerprint density at radius 3 is 2.25 bits per heavy atom. The highest BCUT2D eigenvalue weighted by atomic mass is 15.3. The predicted octanol–water partition coefficient (Wildman–Crippen LogP) is 5.07. The Morgan fingerprint density at radius 1 is 0.906 bits per heavy atom. The van der Waals surface area contributed by atoms with Crippen molar-refractivity contribution in [2.24, 2.45) is 7.05 Å². The summed E-state index contributed by atoms with van der Waals surface area (Å²) < 4.78 is 1.78. The van der Waals surface area contributed by atoms with Gasteiger partial charge in [0.15, 0.2) is 5.82 Å². The van der Waals surface area contributed by atoms with Crippen molar-refractivity contribution in [1.82, 2.24) is 19.7 Å². The molecule has 0 aliphatic carbocycles. The van der Waals surface area contributed by atoms with Gasteiger partial charge in [0.25, 0.3) is 0 Å². The van der Waals surface area contributed by atoms with Crippen LogP contribution in [0, 0.1) is 6.92 Å². The summed E-state index contributed by atoms with van der Waals surface area (Å²) in [5.74, 6) is 0.696. The zero-order valence-corrected chi connectivity index (χ0v) is 19.2. The van der Waals surface area contributed by atoms with Crippen molar-refractivity contribution in [2.45, 2.75) is 39.2 Å². The topological polar surface area (TPSA) is 46.8 Å². The molecule has 0 amide bonds. The molecule has 0 fully saturated rings. The van der Waals surface area contributed by atoms with Gasteiger partial charge in [-0.15, -0.1) is 0 Å². The molecular formula is C27H29N5. The van der Waals surface area contributed by atoms with E-state index in [2.05, 4.69) is 84.3 Å². The van der Waals surface area contributed by atoms with Gasteiger partial charge in [-0.3, -0.25) is 4.68 Å². The van der Waals surface area contributed by atoms with Crippen LogP contribution in [0.1, 0.15) is 41.8 Å². The highest BCUT2D eigenvalue weighted by molar-refractivity contribution is 5.53. The van der Waals surface area contributed by atoms with Crippen molar-refractivity contribution in [2.75, 3.05) is 11.4 Å². The maximum absolute atomic E-state index is 4.85. The van der Waals surface area contributed by atoms with E-state index in [9.17, 15) is 0 Å². The van der Waals surface area contributed by atoms with Gasteiger partial charge in [0, 0.05) is 37.1 Å². The fourth-order valence-electron chi connectivity index (χ4n) is 4.41. The second-order valence-electron chi connectivity index (χ2n) is 9.25. The lowest BCUT2D eigenvalue weighted by atomic mass is 9.78. The number of aromatic nitrogens is 4. The van der Waals surface area contributed by atoms with Crippen LogP contribution in [0.3, 0.4) is 0 Å². The Kier molecular flexibility index (Phi) is 5.04. The van der Waals surface area contributed by atoms with Gasteiger partial charge in [0.2, 0.25) is 0 Å². The van der Waals surface area contributed by atoms with Crippen molar-refractivity contribution in [3.05, 3.63) is 94.9 Å². The average Bonchev–Trinajstić information content (AvgIpc) is 3.25. The molecule has 2 aromatic carbocycles. The summed E-state index contributed by atoms with van der Waals surface area (Å²) in [7, 11) is 1.91. The number of fused-ring (bicyclic) bond motifs is 1. The van der Waals surface area contributed by atoms with Crippen LogP contribution in [0.2, 0.25) is 0 Å². The predicted molar refractivity (Wildman–Crippen MR) is 129 cm³/mol. The van der Waals surface area contributed by atoms with E-state index < -0.39 is 0 Å². The molecular weight excluding hydrogens is 394 g/mol. The number of rotatable bonds is 4. The second-order valence-corrected chi connectivity index (χ2v) is 9.25. The highest BCUT2D eigenvalue weighted by Crippen LogP contribution is 2.33. The third kappa shape index (κ3) is 3.79. The fraction of sp³-hybridized carbons (Fsp3) is 0.296. The lowest BCUT2D eigenvalue weighted by Crippen LogP contribution is -2.31. The third-order valence-corrected chi connectivity index (χ3v) is 6.62. The van der Waals surface area contributed by atoms with Crippen LogP contribution >= 0.6 is 0 Å². The summed E-state index contributed by atoms with van der Waals surface area (Å²) in [6, 6.07) is 19.8. The Morgan fingerprint density at radius 2 is 1.59 bits per heavy atom. The number of benzene rings is 2. The molecule has 3 heterocycles. The van der Waals surface area contributed by atoms with Gasteiger partial charge in [-0.05, 0) is 48.2 Å². The molecule has 1 aliphatic rings. The summed E-state index contributed by atoms with van der Waals surface area (Å²) in [5, 5.41) is 4.45. The molecule has 0 bridgehead atoms. The van der Waals surface area contributed by atoms with E-state index >= 15 is 0 Å². The summed E-state index contributed by atoms with van der Waals surface area (Å²) in [5.41, 5.74) is 8.29. The lowest BCUT2D eigenvalue weighted by molar-refractivity contribution is 0.640. The van der Waals surface area contributed by atoms with Crippen LogP contribution in [0.4, 0.5) is 5.69 Å². The fourth-order valence-corrected chi connectivity index (χ4v) is 4.41. The molecule has 2 aromatic heterocycles. The van der Waals surface area contributed by atoms with Gasteiger partial charge < -0.3 is 4.90 Å². The minimum Gasteiger partial charge on any atom is -0.365 e. The first-order valence-electron chi connectivity index (χ1n) is 11.2. The summed E-state index contributed by atoms with van der Waals surface area (Å²) >= 11 is 0. The summed E-state index contributed by atoms with van der Waals surface area (Å²) in [4.78, 5) is 11.8. The van der Waals surface area contributed by atoms with Crippen LogP contribution in [-0.2, 0) is 25.4 Å². The second kappa shape index (κ2) is 7.90. The normalized spacial score (nSPS) is 13.8. The van der Waals surface area contributed by atoms with Crippen molar-refractivity contribution in [1.29, 1.82) is 0 Å². The Bertz CT molecular complexity index is 1240. The average molecular weight is 424 g/mol. The van der Waals surface area contributed by atoms with Crippen molar-refractivity contribution >= 4 is 5.69 Å². The standard InChI is InChI=1S/C27H29N5/c1-19-5-7-21(8-6-19)27(2,3)22-9-11-23(12-10-22)32-16-13-20-17-28-26(29-25(20)18-32)24-14-15-31(4)30-24/h5-12,14-15,17H,13,16,18H2,1-4H3. The van der Waals surface area contributed by atoms with Gasteiger partial charge in [-0.1, -0.05) is 55.8 Å². The quantitative estimate of drug-likeness (QED) is 0.460. The summed E-state index contributed by atoms with van der Waals surface area (Å²) in [6.45, 7) is 8.48. The molecule has 5 rings (SSSR count). The largest absolute Gasteiger partial charge is 0.365 e. The van der Waals surface area contributed by atoms with E-state index in [-0.39, 0.29) is 5.41 Å². The van der Waals surface area contributed by atoms with Crippen LogP contribution in [-0.4, -0.2) is 26.3 Å². The molecule has 32 heavy (non-hydrogen) atoms. The van der Waals surface area contributed by atoms with E-state index in [0.717, 1.165) is 30.9 Å². The zero-order chi connectivity index (χ0) is 22.3. The molecule has 4 aromatic rings. The number of aryl methyl sites for hydroxylation is 2. The van der Waals surface area contributed by atoms with Gasteiger partial charge in [-0.25, -0.2) is 9.97 Å². The Hall–Kier alpha value is -3.47. The number of hydrogen-bond acceptors (Lipinski definition) is 4. The van der Waals surface area contributed by atoms with Crippen LogP contribution < -0.4 is 4.90 Å². The maximum atomic E-state index is 4.85. The van der Waals surface area contributed by atoms with E-state index in [1.54, 1.807) is 4.68 Å². The first kappa shape index (κ1) is 20.4. The minimum absolute atomic E-state index is 0.0362. The zero-order valence-electron chi connectivity index (χ0n) is 19.2. The number of anilines is 1. The van der Waals surface area contributed by atoms with Gasteiger partial charge in [0.1, 0.15) is 5.69 Å². The van der Waals surface area contributed by atoms with E-state index in [1.165, 1.54) is 27.9 Å². The van der Waals surface area contributed by atoms with Crippen LogP contribution in [0.15, 0.2) is 67.0 Å². The molecule has 0 N–H and O–H groups in total. The molecule has 1 aliphatic heterocycles. The first-order valence-corrected chi connectivity index (χ1v) is 11.2. The van der Waals surface area contributed by atoms with Crippen molar-refractivity contribution < 1.29 is 0 Å². The summed E-state index contributed by atoms with van der Waals surface area (Å²) in [6.07, 6.45) is 4.84. The molecule has 0 atom stereocenters. The van der Waals surface area contributed by atoms with E-state index in [0.29, 0.717) is 5.82 Å². The minimum atomic E-state index is -0.0362. The molecule has 0 spiro atoms. The monoisotopic (exact) mass is 423 g/mol. The molecule has 5 nitrogen and oxygen atoms in total. The first-order chi connectivity index (χ1) is 15.4. The maximum Gasteiger partial charge on any atom is 0.180 e. The van der Waals surface area contributed by atoms with Crippen LogP contribution in [0.5, 0.6) is 0 Å².